The van der Waals surface area contributed by atoms with E-state index < -0.39 is 27.3 Å². The predicted molar refractivity (Wildman–Crippen MR) is 94.1 cm³/mol. The van der Waals surface area contributed by atoms with Crippen molar-refractivity contribution in [3.8, 4) is 0 Å². The molecule has 1 fully saturated rings. The first-order valence-corrected chi connectivity index (χ1v) is 9.81. The van der Waals surface area contributed by atoms with E-state index in [1.807, 2.05) is 13.8 Å². The van der Waals surface area contributed by atoms with Crippen LogP contribution in [0, 0.1) is 5.92 Å². The highest BCUT2D eigenvalue weighted by atomic mass is 35.5. The summed E-state index contributed by atoms with van der Waals surface area (Å²) in [6.07, 6.45) is 0.201. The van der Waals surface area contributed by atoms with E-state index >= 15 is 0 Å². The van der Waals surface area contributed by atoms with Gasteiger partial charge in [-0.1, -0.05) is 31.5 Å². The van der Waals surface area contributed by atoms with E-state index in [-0.39, 0.29) is 31.3 Å². The average Bonchev–Trinajstić information content (AvgIpc) is 2.43. The van der Waals surface area contributed by atoms with Crippen LogP contribution in [0.25, 0.3) is 0 Å². The molecule has 9 heteroatoms. The summed E-state index contributed by atoms with van der Waals surface area (Å²) in [5.74, 6) is -1.47. The van der Waals surface area contributed by atoms with Crippen LogP contribution in [0.15, 0.2) is 24.3 Å². The Kier molecular flexibility index (Phi) is 6.08. The molecule has 1 aliphatic heterocycles. The van der Waals surface area contributed by atoms with Crippen LogP contribution in [0.1, 0.15) is 30.6 Å². The van der Waals surface area contributed by atoms with Crippen molar-refractivity contribution in [2.75, 3.05) is 13.1 Å². The molecular weight excluding hydrogens is 368 g/mol. The van der Waals surface area contributed by atoms with Gasteiger partial charge in [0.15, 0.2) is 0 Å². The van der Waals surface area contributed by atoms with E-state index in [4.69, 9.17) is 16.7 Å². The van der Waals surface area contributed by atoms with Crippen LogP contribution in [0.4, 0.5) is 0 Å². The first-order valence-electron chi connectivity index (χ1n) is 7.89. The fraction of sp³-hybridized carbons (Fsp3) is 0.500. The Bertz CT molecular complexity index is 760. The molecule has 7 nitrogen and oxygen atoms in total. The van der Waals surface area contributed by atoms with Crippen LogP contribution in [-0.4, -0.2) is 54.7 Å². The number of sulfonamides is 1. The Hall–Kier alpha value is -1.64. The highest BCUT2D eigenvalue weighted by Crippen LogP contribution is 2.21. The molecule has 25 heavy (non-hydrogen) atoms. The Morgan fingerprint density at radius 2 is 2.00 bits per heavy atom. The third-order valence-electron chi connectivity index (χ3n) is 3.96. The normalized spacial score (nSPS) is 16.6. The molecule has 0 saturated carbocycles. The van der Waals surface area contributed by atoms with Gasteiger partial charge in [-0.25, -0.2) is 13.1 Å². The van der Waals surface area contributed by atoms with Crippen LogP contribution in [-0.2, 0) is 14.8 Å². The number of carboxylic acid groups (broad SMARTS) is 1. The monoisotopic (exact) mass is 388 g/mol. The number of carbonyl (C=O) groups excluding carboxylic acids is 1. The van der Waals surface area contributed by atoms with Crippen molar-refractivity contribution >= 4 is 33.5 Å². The summed E-state index contributed by atoms with van der Waals surface area (Å²) in [6.45, 7) is 3.68. The van der Waals surface area contributed by atoms with Gasteiger partial charge < -0.3 is 10.0 Å². The number of amides is 1. The number of hydrogen-bond acceptors (Lipinski definition) is 4. The molecule has 0 aromatic heterocycles. The van der Waals surface area contributed by atoms with Crippen LogP contribution in [0.3, 0.4) is 0 Å². The van der Waals surface area contributed by atoms with Crippen molar-refractivity contribution in [2.24, 2.45) is 5.92 Å². The summed E-state index contributed by atoms with van der Waals surface area (Å²) < 4.78 is 26.9. The van der Waals surface area contributed by atoms with Gasteiger partial charge in [0.2, 0.25) is 10.0 Å². The Morgan fingerprint density at radius 3 is 2.52 bits per heavy atom. The van der Waals surface area contributed by atoms with Crippen LogP contribution < -0.4 is 4.72 Å². The Labute approximate surface area is 152 Å². The maximum absolute atomic E-state index is 12.3. The van der Waals surface area contributed by atoms with Gasteiger partial charge in [-0.3, -0.25) is 9.59 Å². The molecular formula is C16H21ClN2O5S. The Balaban J connectivity index is 1.98. The number of rotatable bonds is 7. The minimum atomic E-state index is -3.82. The molecule has 2 N–H and O–H groups in total. The molecule has 1 aromatic rings. The lowest BCUT2D eigenvalue weighted by Gasteiger charge is -2.39. The third kappa shape index (κ3) is 4.93. The first kappa shape index (κ1) is 19.7. The van der Waals surface area contributed by atoms with E-state index in [1.54, 1.807) is 18.2 Å². The second-order valence-electron chi connectivity index (χ2n) is 6.53. The van der Waals surface area contributed by atoms with Crippen molar-refractivity contribution < 1.29 is 23.1 Å². The van der Waals surface area contributed by atoms with E-state index in [2.05, 4.69) is 4.72 Å². The van der Waals surface area contributed by atoms with Crippen molar-refractivity contribution in [1.29, 1.82) is 0 Å². The Morgan fingerprint density at radius 1 is 1.36 bits per heavy atom. The van der Waals surface area contributed by atoms with Gasteiger partial charge in [0.1, 0.15) is 11.3 Å². The summed E-state index contributed by atoms with van der Waals surface area (Å²) in [6, 6.07) is 5.26. The van der Waals surface area contributed by atoms with Gasteiger partial charge in [0, 0.05) is 23.7 Å². The largest absolute Gasteiger partial charge is 0.480 e. The molecule has 1 amide bonds. The minimum Gasteiger partial charge on any atom is -0.480 e. The number of halogens is 1. The molecule has 1 atom stereocenters. The predicted octanol–water partition coefficient (Wildman–Crippen LogP) is 1.58. The fourth-order valence-corrected chi connectivity index (χ4v) is 4.30. The molecule has 2 rings (SSSR count). The smallest absolute Gasteiger partial charge is 0.321 e. The second-order valence-corrected chi connectivity index (χ2v) is 8.95. The maximum Gasteiger partial charge on any atom is 0.321 e. The average molecular weight is 389 g/mol. The molecule has 0 radical (unpaired) electrons. The summed E-state index contributed by atoms with van der Waals surface area (Å²) in [5, 5.41) is 8.78. The summed E-state index contributed by atoms with van der Waals surface area (Å²) in [7, 11) is -3.82. The highest BCUT2D eigenvalue weighted by Gasteiger charge is 2.41. The fourth-order valence-electron chi connectivity index (χ4n) is 2.57. The van der Waals surface area contributed by atoms with Gasteiger partial charge >= 0.3 is 5.97 Å². The molecule has 0 spiro atoms. The number of nitrogens with one attached hydrogen (secondary N) is 1. The van der Waals surface area contributed by atoms with Gasteiger partial charge in [-0.05, 0) is 30.5 Å². The molecule has 1 aromatic carbocycles. The van der Waals surface area contributed by atoms with Crippen molar-refractivity contribution in [3.63, 3.8) is 0 Å². The number of likely N-dealkylation sites (tertiary alicyclic amines) is 1. The van der Waals surface area contributed by atoms with E-state index in [1.165, 1.54) is 11.0 Å². The molecule has 138 valence electrons. The number of benzene rings is 1. The zero-order valence-corrected chi connectivity index (χ0v) is 15.5. The standard InChI is InChI=1S/C16H21ClN2O5S/c1-10(2)6-14(16(21)22)18-25(23,24)13-8-19(9-13)15(20)11-4-3-5-12(17)7-11/h3-5,7,10,13-14,18H,6,8-9H2,1-2H3,(H,21,22)/t14-/m1/s1. The van der Waals surface area contributed by atoms with Gasteiger partial charge in [0.25, 0.3) is 5.91 Å². The number of carbonyl (C=O) groups is 2. The minimum absolute atomic E-state index is 0.0225. The van der Waals surface area contributed by atoms with E-state index in [0.717, 1.165) is 0 Å². The molecule has 1 aliphatic rings. The van der Waals surface area contributed by atoms with E-state index in [0.29, 0.717) is 10.6 Å². The van der Waals surface area contributed by atoms with Crippen molar-refractivity contribution in [2.45, 2.75) is 31.6 Å². The summed E-state index contributed by atoms with van der Waals surface area (Å²) in [5.41, 5.74) is 0.388. The molecule has 1 heterocycles. The lowest BCUT2D eigenvalue weighted by atomic mass is 10.1. The lowest BCUT2D eigenvalue weighted by molar-refractivity contribution is -0.139. The lowest BCUT2D eigenvalue weighted by Crippen LogP contribution is -2.61. The van der Waals surface area contributed by atoms with Gasteiger partial charge in [0.05, 0.1) is 0 Å². The zero-order valence-electron chi connectivity index (χ0n) is 14.0. The number of nitrogens with zero attached hydrogens (tertiary/aromatic N) is 1. The molecule has 0 bridgehead atoms. The van der Waals surface area contributed by atoms with E-state index in [9.17, 15) is 18.0 Å². The van der Waals surface area contributed by atoms with Crippen molar-refractivity contribution in [3.05, 3.63) is 34.9 Å². The zero-order chi connectivity index (χ0) is 18.8. The van der Waals surface area contributed by atoms with Gasteiger partial charge in [-0.15, -0.1) is 0 Å². The van der Waals surface area contributed by atoms with Crippen molar-refractivity contribution in [1.82, 2.24) is 9.62 Å². The maximum atomic E-state index is 12.3. The van der Waals surface area contributed by atoms with Crippen LogP contribution >= 0.6 is 11.6 Å². The molecule has 0 unspecified atom stereocenters. The number of aliphatic carboxylic acids is 1. The second kappa shape index (κ2) is 7.72. The molecule has 1 saturated heterocycles. The topological polar surface area (TPSA) is 104 Å². The first-order chi connectivity index (χ1) is 11.6. The molecule has 0 aliphatic carbocycles. The van der Waals surface area contributed by atoms with Crippen LogP contribution in [0.2, 0.25) is 5.02 Å². The quantitative estimate of drug-likeness (QED) is 0.738. The van der Waals surface area contributed by atoms with Gasteiger partial charge in [-0.2, -0.15) is 0 Å². The summed E-state index contributed by atoms with van der Waals surface area (Å²) in [4.78, 5) is 24.9. The van der Waals surface area contributed by atoms with Crippen LogP contribution in [0.5, 0.6) is 0 Å². The number of carboxylic acids is 1. The summed E-state index contributed by atoms with van der Waals surface area (Å²) >= 11 is 5.85. The SMILES string of the molecule is CC(C)C[C@@H](NS(=O)(=O)C1CN(C(=O)c2cccc(Cl)c2)C1)C(=O)O. The number of hydrogen-bond donors (Lipinski definition) is 2. The third-order valence-corrected chi connectivity index (χ3v) is 5.98. The highest BCUT2D eigenvalue weighted by molar-refractivity contribution is 7.90.